The molecule has 0 aromatic heterocycles. The van der Waals surface area contributed by atoms with Gasteiger partial charge in [0.15, 0.2) is 0 Å². The van der Waals surface area contributed by atoms with Crippen LogP contribution in [0.1, 0.15) is 45.4 Å². The van der Waals surface area contributed by atoms with Crippen LogP contribution in [0.25, 0.3) is 0 Å². The Kier molecular flexibility index (Phi) is 4.86. The summed E-state index contributed by atoms with van der Waals surface area (Å²) in [5.41, 5.74) is -1.05. The highest BCUT2D eigenvalue weighted by molar-refractivity contribution is 5.86. The fourth-order valence-corrected chi connectivity index (χ4v) is 3.39. The predicted octanol–water partition coefficient (Wildman–Crippen LogP) is 1.17. The van der Waals surface area contributed by atoms with E-state index in [0.717, 1.165) is 32.4 Å². The minimum absolute atomic E-state index is 0.350. The van der Waals surface area contributed by atoms with Crippen LogP contribution < -0.4 is 10.6 Å². The molecule has 0 radical (unpaired) electrons. The standard InChI is InChI=1S/C14H25N3O3/c1-2-17-9-5-6-11(17)10-15-13(20)16-14(12(18)19)7-3-4-8-14/h11H,2-10H2,1H3,(H,18,19)(H2,15,16,20). The lowest BCUT2D eigenvalue weighted by molar-refractivity contribution is -0.144. The second-order valence-corrected chi connectivity index (χ2v) is 5.85. The first-order chi connectivity index (χ1) is 9.57. The van der Waals surface area contributed by atoms with E-state index in [9.17, 15) is 14.7 Å². The number of carbonyl (C=O) groups excluding carboxylic acids is 1. The molecule has 1 aliphatic heterocycles. The van der Waals surface area contributed by atoms with Crippen molar-refractivity contribution in [3.63, 3.8) is 0 Å². The summed E-state index contributed by atoms with van der Waals surface area (Å²) in [5, 5.41) is 14.8. The summed E-state index contributed by atoms with van der Waals surface area (Å²) in [6.45, 7) is 4.79. The Morgan fingerprint density at radius 1 is 1.30 bits per heavy atom. The fraction of sp³-hybridized carbons (Fsp3) is 0.857. The van der Waals surface area contributed by atoms with Crippen molar-refractivity contribution in [1.29, 1.82) is 0 Å². The van der Waals surface area contributed by atoms with Gasteiger partial charge in [-0.2, -0.15) is 0 Å². The summed E-state index contributed by atoms with van der Waals surface area (Å²) in [6.07, 6.45) is 5.04. The SMILES string of the molecule is CCN1CCCC1CNC(=O)NC1(C(=O)O)CCCC1. The maximum atomic E-state index is 12.0. The maximum Gasteiger partial charge on any atom is 0.329 e. The molecule has 6 nitrogen and oxygen atoms in total. The Hall–Kier alpha value is -1.30. The van der Waals surface area contributed by atoms with Gasteiger partial charge < -0.3 is 15.7 Å². The van der Waals surface area contributed by atoms with Gasteiger partial charge >= 0.3 is 12.0 Å². The minimum Gasteiger partial charge on any atom is -0.480 e. The number of hydrogen-bond donors (Lipinski definition) is 3. The zero-order valence-electron chi connectivity index (χ0n) is 12.2. The van der Waals surface area contributed by atoms with Crippen LogP contribution in [0.3, 0.4) is 0 Å². The molecule has 20 heavy (non-hydrogen) atoms. The predicted molar refractivity (Wildman–Crippen MR) is 75.6 cm³/mol. The molecule has 1 aliphatic carbocycles. The van der Waals surface area contributed by atoms with Crippen LogP contribution in [0.15, 0.2) is 0 Å². The lowest BCUT2D eigenvalue weighted by Crippen LogP contribution is -2.56. The zero-order valence-corrected chi connectivity index (χ0v) is 12.2. The summed E-state index contributed by atoms with van der Waals surface area (Å²) in [4.78, 5) is 25.7. The average Bonchev–Trinajstić information content (AvgIpc) is 3.05. The molecule has 1 saturated heterocycles. The van der Waals surface area contributed by atoms with Crippen molar-refractivity contribution in [2.24, 2.45) is 0 Å². The van der Waals surface area contributed by atoms with Crippen LogP contribution in [-0.4, -0.2) is 53.2 Å². The number of likely N-dealkylation sites (N-methyl/N-ethyl adjacent to an activating group) is 1. The second kappa shape index (κ2) is 6.43. The summed E-state index contributed by atoms with van der Waals surface area (Å²) in [5.74, 6) is -0.916. The first kappa shape index (κ1) is 15.1. The molecule has 0 aromatic carbocycles. The van der Waals surface area contributed by atoms with Crippen molar-refractivity contribution in [2.75, 3.05) is 19.6 Å². The Bertz CT molecular complexity index is 367. The van der Waals surface area contributed by atoms with E-state index in [1.807, 2.05) is 0 Å². The summed E-state index contributed by atoms with van der Waals surface area (Å²) >= 11 is 0. The van der Waals surface area contributed by atoms with Gasteiger partial charge in [0.2, 0.25) is 0 Å². The quantitative estimate of drug-likeness (QED) is 0.707. The number of aliphatic carboxylic acids is 1. The molecule has 114 valence electrons. The molecular formula is C14H25N3O3. The smallest absolute Gasteiger partial charge is 0.329 e. The van der Waals surface area contributed by atoms with E-state index in [-0.39, 0.29) is 6.03 Å². The minimum atomic E-state index is -1.05. The normalized spacial score (nSPS) is 25.6. The number of hydrogen-bond acceptors (Lipinski definition) is 3. The number of carboxylic acid groups (broad SMARTS) is 1. The van der Waals surface area contributed by atoms with E-state index in [1.165, 1.54) is 6.42 Å². The molecule has 1 atom stereocenters. The van der Waals surface area contributed by atoms with Crippen LogP contribution >= 0.6 is 0 Å². The van der Waals surface area contributed by atoms with Gasteiger partial charge in [0.25, 0.3) is 0 Å². The molecule has 1 saturated carbocycles. The molecule has 1 heterocycles. The Balaban J connectivity index is 1.81. The van der Waals surface area contributed by atoms with E-state index in [1.54, 1.807) is 0 Å². The van der Waals surface area contributed by atoms with E-state index in [2.05, 4.69) is 22.5 Å². The third-order valence-electron chi connectivity index (χ3n) is 4.62. The number of carbonyl (C=O) groups is 2. The second-order valence-electron chi connectivity index (χ2n) is 5.85. The van der Waals surface area contributed by atoms with Crippen LogP contribution in [0.4, 0.5) is 4.79 Å². The lowest BCUT2D eigenvalue weighted by atomic mass is 9.98. The van der Waals surface area contributed by atoms with Crippen LogP contribution in [-0.2, 0) is 4.79 Å². The number of amides is 2. The Morgan fingerprint density at radius 3 is 2.60 bits per heavy atom. The molecule has 2 aliphatic rings. The van der Waals surface area contributed by atoms with Crippen LogP contribution in [0.2, 0.25) is 0 Å². The summed E-state index contributed by atoms with van der Waals surface area (Å²) < 4.78 is 0. The van der Waals surface area contributed by atoms with Gasteiger partial charge in [-0.05, 0) is 38.8 Å². The van der Waals surface area contributed by atoms with Gasteiger partial charge in [-0.25, -0.2) is 9.59 Å². The number of urea groups is 1. The zero-order chi connectivity index (χ0) is 14.6. The lowest BCUT2D eigenvalue weighted by Gasteiger charge is -2.27. The molecule has 3 N–H and O–H groups in total. The molecule has 1 unspecified atom stereocenters. The van der Waals surface area contributed by atoms with Gasteiger partial charge in [-0.3, -0.25) is 4.90 Å². The molecule has 6 heteroatoms. The Morgan fingerprint density at radius 2 is 2.00 bits per heavy atom. The van der Waals surface area contributed by atoms with Crippen molar-refractivity contribution in [1.82, 2.24) is 15.5 Å². The van der Waals surface area contributed by atoms with Gasteiger partial charge in [0.05, 0.1) is 0 Å². The van der Waals surface area contributed by atoms with Crippen molar-refractivity contribution in [2.45, 2.75) is 57.0 Å². The third-order valence-corrected chi connectivity index (χ3v) is 4.62. The topological polar surface area (TPSA) is 81.7 Å². The fourth-order valence-electron chi connectivity index (χ4n) is 3.39. The number of likely N-dealkylation sites (tertiary alicyclic amines) is 1. The highest BCUT2D eigenvalue weighted by Crippen LogP contribution is 2.29. The first-order valence-electron chi connectivity index (χ1n) is 7.61. The van der Waals surface area contributed by atoms with Crippen LogP contribution in [0.5, 0.6) is 0 Å². The van der Waals surface area contributed by atoms with Gasteiger partial charge in [-0.1, -0.05) is 19.8 Å². The van der Waals surface area contributed by atoms with Crippen LogP contribution in [0, 0.1) is 0 Å². The van der Waals surface area contributed by atoms with E-state index in [4.69, 9.17) is 0 Å². The number of carboxylic acids is 1. The summed E-state index contributed by atoms with van der Waals surface area (Å²) in [7, 11) is 0. The third kappa shape index (κ3) is 3.23. The molecule has 2 amide bonds. The number of rotatable bonds is 5. The molecule has 2 fully saturated rings. The van der Waals surface area contributed by atoms with Gasteiger partial charge in [-0.15, -0.1) is 0 Å². The largest absolute Gasteiger partial charge is 0.480 e. The van der Waals surface area contributed by atoms with Gasteiger partial charge in [0.1, 0.15) is 5.54 Å². The monoisotopic (exact) mass is 283 g/mol. The maximum absolute atomic E-state index is 12.0. The molecule has 0 bridgehead atoms. The van der Waals surface area contributed by atoms with Crippen molar-refractivity contribution in [3.05, 3.63) is 0 Å². The van der Waals surface area contributed by atoms with E-state index in [0.29, 0.717) is 25.4 Å². The first-order valence-corrected chi connectivity index (χ1v) is 7.61. The highest BCUT2D eigenvalue weighted by atomic mass is 16.4. The van der Waals surface area contributed by atoms with Crippen molar-refractivity contribution in [3.8, 4) is 0 Å². The molecular weight excluding hydrogens is 258 g/mol. The summed E-state index contributed by atoms with van der Waals surface area (Å²) in [6, 6.07) is 0.0346. The van der Waals surface area contributed by atoms with E-state index >= 15 is 0 Å². The molecule has 0 aromatic rings. The van der Waals surface area contributed by atoms with Crippen molar-refractivity contribution >= 4 is 12.0 Å². The molecule has 2 rings (SSSR count). The number of nitrogens with zero attached hydrogens (tertiary/aromatic N) is 1. The number of nitrogens with one attached hydrogen (secondary N) is 2. The van der Waals surface area contributed by atoms with E-state index < -0.39 is 11.5 Å². The average molecular weight is 283 g/mol. The molecule has 0 spiro atoms. The highest BCUT2D eigenvalue weighted by Gasteiger charge is 2.42. The van der Waals surface area contributed by atoms with Gasteiger partial charge in [0, 0.05) is 12.6 Å². The Labute approximate surface area is 119 Å². The van der Waals surface area contributed by atoms with Crippen molar-refractivity contribution < 1.29 is 14.7 Å².